The van der Waals surface area contributed by atoms with Crippen molar-refractivity contribution in [3.63, 3.8) is 0 Å². The summed E-state index contributed by atoms with van der Waals surface area (Å²) in [6.45, 7) is 8.34. The first-order chi connectivity index (χ1) is 21.9. The fourth-order valence-corrected chi connectivity index (χ4v) is 3.81. The minimum absolute atomic E-state index is 0.276. The molecule has 0 spiro atoms. The van der Waals surface area contributed by atoms with Crippen LogP contribution in [0.5, 0.6) is 17.2 Å². The SMILES string of the molecule is C=CC(=O)OCCCCOc1ccc(C=Nc2ccc(NC(=O)c3ccc(OCCCCOC(=O)C=C)cc3)cc2OC)cc1. The number of nitrogens with one attached hydrogen (secondary N) is 1. The summed E-state index contributed by atoms with van der Waals surface area (Å²) in [5, 5.41) is 2.88. The standard InChI is InChI=1S/C35H38N2O8/c1-4-33(38)44-22-8-6-20-42-29-15-10-26(11-16-29)25-36-31-19-14-28(24-32(31)41-3)37-35(40)27-12-17-30(18-13-27)43-21-7-9-23-45-34(39)5-2/h4-5,10-19,24-25H,1-2,6-9,20-23H2,3H3,(H,37,40). The van der Waals surface area contributed by atoms with Gasteiger partial charge in [0.15, 0.2) is 0 Å². The van der Waals surface area contributed by atoms with Crippen molar-refractivity contribution >= 4 is 35.4 Å². The predicted molar refractivity (Wildman–Crippen MR) is 173 cm³/mol. The molecular formula is C35H38N2O8. The largest absolute Gasteiger partial charge is 0.494 e. The van der Waals surface area contributed by atoms with Gasteiger partial charge in [0.2, 0.25) is 0 Å². The number of carbonyl (C=O) groups excluding carboxylic acids is 3. The van der Waals surface area contributed by atoms with Crippen LogP contribution in [0, 0.1) is 0 Å². The Balaban J connectivity index is 1.45. The van der Waals surface area contributed by atoms with Gasteiger partial charge in [0.05, 0.1) is 33.5 Å². The van der Waals surface area contributed by atoms with Crippen molar-refractivity contribution in [3.05, 3.63) is 103 Å². The van der Waals surface area contributed by atoms with E-state index < -0.39 is 11.9 Å². The first-order valence-corrected chi connectivity index (χ1v) is 14.5. The van der Waals surface area contributed by atoms with Crippen LogP contribution in [-0.4, -0.2) is 57.6 Å². The van der Waals surface area contributed by atoms with E-state index in [1.807, 2.05) is 24.3 Å². The van der Waals surface area contributed by atoms with Crippen LogP contribution in [0.25, 0.3) is 0 Å². The van der Waals surface area contributed by atoms with Gasteiger partial charge in [0, 0.05) is 35.7 Å². The molecular weight excluding hydrogens is 576 g/mol. The van der Waals surface area contributed by atoms with Crippen LogP contribution in [0.2, 0.25) is 0 Å². The second-order valence-electron chi connectivity index (χ2n) is 9.55. The molecule has 0 aromatic heterocycles. The Bertz CT molecular complexity index is 1450. The van der Waals surface area contributed by atoms with Crippen molar-refractivity contribution in [2.75, 3.05) is 38.9 Å². The molecule has 0 saturated heterocycles. The van der Waals surface area contributed by atoms with E-state index >= 15 is 0 Å². The maximum Gasteiger partial charge on any atom is 0.330 e. The Morgan fingerprint density at radius 2 is 1.27 bits per heavy atom. The third-order valence-corrected chi connectivity index (χ3v) is 6.22. The minimum atomic E-state index is -0.436. The Hall–Kier alpha value is -5.38. The van der Waals surface area contributed by atoms with Crippen molar-refractivity contribution in [1.29, 1.82) is 0 Å². The summed E-state index contributed by atoms with van der Waals surface area (Å²) in [5.41, 5.74) is 2.52. The van der Waals surface area contributed by atoms with E-state index in [2.05, 4.69) is 23.5 Å². The van der Waals surface area contributed by atoms with Gasteiger partial charge in [-0.2, -0.15) is 0 Å². The molecule has 0 unspecified atom stereocenters. The molecule has 0 aliphatic carbocycles. The molecule has 3 aromatic carbocycles. The Morgan fingerprint density at radius 3 is 1.80 bits per heavy atom. The predicted octanol–water partition coefficient (Wildman–Crippen LogP) is 6.47. The molecule has 3 rings (SSSR count). The average Bonchev–Trinajstić information content (AvgIpc) is 3.07. The highest BCUT2D eigenvalue weighted by molar-refractivity contribution is 6.04. The van der Waals surface area contributed by atoms with Crippen LogP contribution in [-0.2, 0) is 19.1 Å². The lowest BCUT2D eigenvalue weighted by Crippen LogP contribution is -2.11. The molecule has 45 heavy (non-hydrogen) atoms. The van der Waals surface area contributed by atoms with E-state index in [0.717, 1.165) is 36.3 Å². The second-order valence-corrected chi connectivity index (χ2v) is 9.55. The minimum Gasteiger partial charge on any atom is -0.494 e. The number of rotatable bonds is 19. The molecule has 0 aliphatic rings. The molecule has 3 aromatic rings. The molecule has 1 amide bonds. The van der Waals surface area contributed by atoms with E-state index in [-0.39, 0.29) is 5.91 Å². The summed E-state index contributed by atoms with van der Waals surface area (Å²) in [7, 11) is 1.54. The smallest absolute Gasteiger partial charge is 0.330 e. The fourth-order valence-electron chi connectivity index (χ4n) is 3.81. The molecule has 236 valence electrons. The molecule has 10 heteroatoms. The fraction of sp³-hybridized carbons (Fsp3) is 0.257. The number of methoxy groups -OCH3 is 1. The monoisotopic (exact) mass is 614 g/mol. The molecule has 0 saturated carbocycles. The maximum atomic E-state index is 12.8. The van der Waals surface area contributed by atoms with Crippen molar-refractivity contribution in [3.8, 4) is 17.2 Å². The Morgan fingerprint density at radius 1 is 0.733 bits per heavy atom. The lowest BCUT2D eigenvalue weighted by atomic mass is 10.2. The van der Waals surface area contributed by atoms with Gasteiger partial charge in [-0.05, 0) is 91.9 Å². The lowest BCUT2D eigenvalue weighted by molar-refractivity contribution is -0.138. The number of hydrogen-bond donors (Lipinski definition) is 1. The van der Waals surface area contributed by atoms with Gasteiger partial charge in [0.25, 0.3) is 5.91 Å². The molecule has 0 fully saturated rings. The normalized spacial score (nSPS) is 10.5. The number of aliphatic imine (C=N–C) groups is 1. The van der Waals surface area contributed by atoms with Crippen molar-refractivity contribution in [1.82, 2.24) is 0 Å². The van der Waals surface area contributed by atoms with Crippen LogP contribution < -0.4 is 19.5 Å². The van der Waals surface area contributed by atoms with E-state index in [4.69, 9.17) is 23.7 Å². The highest BCUT2D eigenvalue weighted by Gasteiger charge is 2.10. The van der Waals surface area contributed by atoms with Gasteiger partial charge in [-0.15, -0.1) is 0 Å². The second kappa shape index (κ2) is 19.0. The molecule has 10 nitrogen and oxygen atoms in total. The number of carbonyl (C=O) groups is 3. The Kier molecular flexibility index (Phi) is 14.4. The Labute approximate surface area is 263 Å². The van der Waals surface area contributed by atoms with Crippen LogP contribution in [0.3, 0.4) is 0 Å². The third-order valence-electron chi connectivity index (χ3n) is 6.22. The van der Waals surface area contributed by atoms with Gasteiger partial charge in [-0.1, -0.05) is 13.2 Å². The van der Waals surface area contributed by atoms with Gasteiger partial charge in [-0.3, -0.25) is 9.79 Å². The van der Waals surface area contributed by atoms with Gasteiger partial charge in [-0.25, -0.2) is 9.59 Å². The van der Waals surface area contributed by atoms with E-state index in [1.165, 1.54) is 0 Å². The van der Waals surface area contributed by atoms with Gasteiger partial charge < -0.3 is 29.0 Å². The average molecular weight is 615 g/mol. The van der Waals surface area contributed by atoms with E-state index in [9.17, 15) is 14.4 Å². The topological polar surface area (TPSA) is 122 Å². The number of esters is 2. The molecule has 0 aliphatic heterocycles. The molecule has 0 atom stereocenters. The maximum absolute atomic E-state index is 12.8. The van der Waals surface area contributed by atoms with Crippen LogP contribution in [0.1, 0.15) is 41.6 Å². The zero-order chi connectivity index (χ0) is 32.3. The van der Waals surface area contributed by atoms with E-state index in [1.54, 1.807) is 55.8 Å². The number of ether oxygens (including phenoxy) is 5. The van der Waals surface area contributed by atoms with Crippen LogP contribution in [0.15, 0.2) is 97.0 Å². The van der Waals surface area contributed by atoms with Crippen LogP contribution in [0.4, 0.5) is 11.4 Å². The zero-order valence-electron chi connectivity index (χ0n) is 25.4. The number of anilines is 1. The highest BCUT2D eigenvalue weighted by atomic mass is 16.5. The first-order valence-electron chi connectivity index (χ1n) is 14.5. The summed E-state index contributed by atoms with van der Waals surface area (Å²) in [4.78, 5) is 39.4. The molecule has 1 N–H and O–H groups in total. The van der Waals surface area contributed by atoms with Crippen molar-refractivity contribution < 1.29 is 38.1 Å². The van der Waals surface area contributed by atoms with Gasteiger partial charge in [0.1, 0.15) is 22.9 Å². The quantitative estimate of drug-likeness (QED) is 0.0705. The first kappa shape index (κ1) is 34.1. The molecule has 0 radical (unpaired) electrons. The highest BCUT2D eigenvalue weighted by Crippen LogP contribution is 2.31. The van der Waals surface area contributed by atoms with Crippen LogP contribution >= 0.6 is 0 Å². The number of benzene rings is 3. The summed E-state index contributed by atoms with van der Waals surface area (Å²) in [6.07, 6.45) is 6.86. The third kappa shape index (κ3) is 12.4. The van der Waals surface area contributed by atoms with E-state index in [0.29, 0.717) is 67.7 Å². The zero-order valence-corrected chi connectivity index (χ0v) is 25.4. The summed E-state index contributed by atoms with van der Waals surface area (Å²) >= 11 is 0. The number of unbranched alkanes of at least 4 members (excludes halogenated alkanes) is 2. The van der Waals surface area contributed by atoms with Gasteiger partial charge >= 0.3 is 11.9 Å². The molecule has 0 bridgehead atoms. The molecule has 0 heterocycles. The summed E-state index contributed by atoms with van der Waals surface area (Å²) < 4.78 is 26.8. The van der Waals surface area contributed by atoms with Crippen molar-refractivity contribution in [2.24, 2.45) is 4.99 Å². The number of nitrogens with zero attached hydrogens (tertiary/aromatic N) is 1. The number of amides is 1. The summed E-state index contributed by atoms with van der Waals surface area (Å²) in [6, 6.07) is 19.6. The van der Waals surface area contributed by atoms with Crippen molar-refractivity contribution in [2.45, 2.75) is 25.7 Å². The summed E-state index contributed by atoms with van der Waals surface area (Å²) in [5.74, 6) is 0.744. The lowest BCUT2D eigenvalue weighted by Gasteiger charge is -2.10. The number of hydrogen-bond acceptors (Lipinski definition) is 9.